The number of carbonyl (C=O) groups is 1. The molecule has 1 aliphatic rings. The topological polar surface area (TPSA) is 49.3 Å². The fourth-order valence-electron chi connectivity index (χ4n) is 2.71. The molecule has 2 N–H and O–H groups in total. The molecule has 0 spiro atoms. The molecule has 0 aromatic heterocycles. The third-order valence-corrected chi connectivity index (χ3v) is 3.81. The molecule has 0 radical (unpaired) electrons. The first kappa shape index (κ1) is 12.5. The minimum absolute atomic E-state index is 0.285. The summed E-state index contributed by atoms with van der Waals surface area (Å²) in [6, 6.07) is 0.285. The number of carboxylic acids is 1. The maximum absolute atomic E-state index is 11.5. The molecule has 1 saturated carbocycles. The van der Waals surface area contributed by atoms with Crippen molar-refractivity contribution in [2.75, 3.05) is 0 Å². The highest BCUT2D eigenvalue weighted by Gasteiger charge is 2.48. The lowest BCUT2D eigenvalue weighted by Crippen LogP contribution is -2.57. The van der Waals surface area contributed by atoms with Crippen LogP contribution in [0.4, 0.5) is 0 Å². The van der Waals surface area contributed by atoms with Crippen molar-refractivity contribution in [3.8, 4) is 0 Å². The van der Waals surface area contributed by atoms with Gasteiger partial charge in [-0.3, -0.25) is 10.1 Å². The van der Waals surface area contributed by atoms with Gasteiger partial charge in [0.05, 0.1) is 0 Å². The number of aliphatic carboxylic acids is 1. The summed E-state index contributed by atoms with van der Waals surface area (Å²) in [7, 11) is 0. The summed E-state index contributed by atoms with van der Waals surface area (Å²) in [5.41, 5.74) is -0.649. The van der Waals surface area contributed by atoms with Crippen molar-refractivity contribution in [3.63, 3.8) is 0 Å². The number of hydrogen-bond acceptors (Lipinski definition) is 2. The molecular formula is C12H23NO2. The van der Waals surface area contributed by atoms with Gasteiger partial charge in [0, 0.05) is 6.04 Å². The Morgan fingerprint density at radius 2 is 2.27 bits per heavy atom. The Bertz CT molecular complexity index is 230. The number of hydrogen-bond donors (Lipinski definition) is 2. The summed E-state index contributed by atoms with van der Waals surface area (Å²) in [6.07, 6.45) is 4.80. The standard InChI is InChI=1S/C12H23NO2/c1-4-9(3)13-12(11(14)15)8-6-7-10(12)5-2/h9-10,13H,4-8H2,1-3H3,(H,14,15). The normalized spacial score (nSPS) is 32.9. The van der Waals surface area contributed by atoms with Crippen molar-refractivity contribution in [1.29, 1.82) is 0 Å². The summed E-state index contributed by atoms with van der Waals surface area (Å²) >= 11 is 0. The van der Waals surface area contributed by atoms with Crippen molar-refractivity contribution in [2.24, 2.45) is 5.92 Å². The Kier molecular flexibility index (Phi) is 4.14. The molecule has 3 unspecified atom stereocenters. The second kappa shape index (κ2) is 4.97. The molecule has 0 saturated heterocycles. The van der Waals surface area contributed by atoms with Crippen LogP contribution in [-0.2, 0) is 4.79 Å². The van der Waals surface area contributed by atoms with E-state index in [4.69, 9.17) is 0 Å². The number of nitrogens with one attached hydrogen (secondary N) is 1. The molecule has 0 aromatic rings. The molecule has 15 heavy (non-hydrogen) atoms. The number of carboxylic acid groups (broad SMARTS) is 1. The minimum Gasteiger partial charge on any atom is -0.480 e. The first-order chi connectivity index (χ1) is 7.06. The number of rotatable bonds is 5. The molecule has 3 atom stereocenters. The van der Waals surface area contributed by atoms with Crippen molar-refractivity contribution < 1.29 is 9.90 Å². The third-order valence-electron chi connectivity index (χ3n) is 3.81. The smallest absolute Gasteiger partial charge is 0.324 e. The monoisotopic (exact) mass is 213 g/mol. The minimum atomic E-state index is -0.660. The van der Waals surface area contributed by atoms with Gasteiger partial charge in [-0.2, -0.15) is 0 Å². The van der Waals surface area contributed by atoms with Crippen LogP contribution in [0.3, 0.4) is 0 Å². The molecule has 3 nitrogen and oxygen atoms in total. The van der Waals surface area contributed by atoms with Crippen LogP contribution in [0.25, 0.3) is 0 Å². The Labute approximate surface area is 92.3 Å². The SMILES string of the molecule is CCC(C)NC1(C(=O)O)CCCC1CC. The van der Waals surface area contributed by atoms with Gasteiger partial charge in [-0.05, 0) is 32.1 Å². The van der Waals surface area contributed by atoms with Crippen LogP contribution in [0.2, 0.25) is 0 Å². The van der Waals surface area contributed by atoms with Gasteiger partial charge in [-0.1, -0.05) is 26.7 Å². The summed E-state index contributed by atoms with van der Waals surface area (Å²) in [5.74, 6) is -0.365. The van der Waals surface area contributed by atoms with E-state index in [2.05, 4.69) is 26.1 Å². The van der Waals surface area contributed by atoms with Crippen LogP contribution in [-0.4, -0.2) is 22.7 Å². The maximum atomic E-state index is 11.5. The van der Waals surface area contributed by atoms with Crippen LogP contribution in [0.15, 0.2) is 0 Å². The Balaban J connectivity index is 2.82. The van der Waals surface area contributed by atoms with Crippen molar-refractivity contribution in [3.05, 3.63) is 0 Å². The molecule has 0 heterocycles. The lowest BCUT2D eigenvalue weighted by molar-refractivity contribution is -0.147. The van der Waals surface area contributed by atoms with Gasteiger partial charge in [-0.25, -0.2) is 0 Å². The summed E-state index contributed by atoms with van der Waals surface area (Å²) in [4.78, 5) is 11.5. The summed E-state index contributed by atoms with van der Waals surface area (Å²) < 4.78 is 0. The predicted molar refractivity (Wildman–Crippen MR) is 60.9 cm³/mol. The van der Waals surface area contributed by atoms with Gasteiger partial charge in [0.2, 0.25) is 0 Å². The highest BCUT2D eigenvalue weighted by atomic mass is 16.4. The first-order valence-electron chi connectivity index (χ1n) is 6.07. The van der Waals surface area contributed by atoms with E-state index in [1.807, 2.05) is 0 Å². The van der Waals surface area contributed by atoms with Crippen LogP contribution in [0.5, 0.6) is 0 Å². The fourth-order valence-corrected chi connectivity index (χ4v) is 2.71. The van der Waals surface area contributed by atoms with E-state index in [-0.39, 0.29) is 6.04 Å². The molecule has 1 fully saturated rings. The Hall–Kier alpha value is -0.570. The Morgan fingerprint density at radius 3 is 2.73 bits per heavy atom. The van der Waals surface area contributed by atoms with Crippen molar-refractivity contribution in [1.82, 2.24) is 5.32 Å². The van der Waals surface area contributed by atoms with E-state index in [9.17, 15) is 9.90 Å². The summed E-state index contributed by atoms with van der Waals surface area (Å²) in [5, 5.41) is 12.8. The molecule has 88 valence electrons. The maximum Gasteiger partial charge on any atom is 0.324 e. The second-order valence-corrected chi connectivity index (χ2v) is 4.73. The third kappa shape index (κ3) is 2.33. The fraction of sp³-hybridized carbons (Fsp3) is 0.917. The molecule has 3 heteroatoms. The second-order valence-electron chi connectivity index (χ2n) is 4.73. The molecule has 0 aliphatic heterocycles. The van der Waals surface area contributed by atoms with Crippen molar-refractivity contribution >= 4 is 5.97 Å². The van der Waals surface area contributed by atoms with E-state index in [0.29, 0.717) is 5.92 Å². The summed E-state index contributed by atoms with van der Waals surface area (Å²) in [6.45, 7) is 6.24. The van der Waals surface area contributed by atoms with Gasteiger partial charge < -0.3 is 5.11 Å². The molecule has 1 rings (SSSR count). The molecule has 1 aliphatic carbocycles. The van der Waals surface area contributed by atoms with E-state index in [1.54, 1.807) is 0 Å². The van der Waals surface area contributed by atoms with Crippen LogP contribution < -0.4 is 5.32 Å². The van der Waals surface area contributed by atoms with E-state index in [1.165, 1.54) is 0 Å². The largest absolute Gasteiger partial charge is 0.480 e. The zero-order chi connectivity index (χ0) is 11.5. The Morgan fingerprint density at radius 1 is 1.60 bits per heavy atom. The average Bonchev–Trinajstić information content (AvgIpc) is 2.61. The zero-order valence-corrected chi connectivity index (χ0v) is 10.0. The molecule has 0 aromatic carbocycles. The van der Waals surface area contributed by atoms with Gasteiger partial charge in [0.25, 0.3) is 0 Å². The highest BCUT2D eigenvalue weighted by molar-refractivity contribution is 5.79. The van der Waals surface area contributed by atoms with Gasteiger partial charge in [-0.15, -0.1) is 0 Å². The van der Waals surface area contributed by atoms with E-state index < -0.39 is 11.5 Å². The predicted octanol–water partition coefficient (Wildman–Crippen LogP) is 2.41. The van der Waals surface area contributed by atoms with Crippen LogP contribution in [0.1, 0.15) is 52.9 Å². The van der Waals surface area contributed by atoms with Crippen molar-refractivity contribution in [2.45, 2.75) is 64.5 Å². The molecule has 0 amide bonds. The zero-order valence-electron chi connectivity index (χ0n) is 10.0. The molecular weight excluding hydrogens is 190 g/mol. The van der Waals surface area contributed by atoms with Crippen LogP contribution in [0, 0.1) is 5.92 Å². The van der Waals surface area contributed by atoms with Gasteiger partial charge in [0.15, 0.2) is 0 Å². The lowest BCUT2D eigenvalue weighted by Gasteiger charge is -2.34. The first-order valence-corrected chi connectivity index (χ1v) is 6.07. The quantitative estimate of drug-likeness (QED) is 0.737. The van der Waals surface area contributed by atoms with Crippen LogP contribution >= 0.6 is 0 Å². The average molecular weight is 213 g/mol. The van der Waals surface area contributed by atoms with E-state index >= 15 is 0 Å². The van der Waals surface area contributed by atoms with E-state index in [0.717, 1.165) is 32.1 Å². The van der Waals surface area contributed by atoms with Gasteiger partial charge in [0.1, 0.15) is 5.54 Å². The lowest BCUT2D eigenvalue weighted by atomic mass is 9.84. The van der Waals surface area contributed by atoms with Gasteiger partial charge >= 0.3 is 5.97 Å². The highest BCUT2D eigenvalue weighted by Crippen LogP contribution is 2.38. The molecule has 0 bridgehead atoms.